The second-order valence-corrected chi connectivity index (χ2v) is 26.0. The van der Waals surface area contributed by atoms with Gasteiger partial charge in [0.15, 0.2) is 0 Å². The summed E-state index contributed by atoms with van der Waals surface area (Å²) in [4.78, 5) is 4.85. The van der Waals surface area contributed by atoms with Crippen LogP contribution in [0.15, 0.2) is 180 Å². The SMILES string of the molecule is C[Si](C)(C)c1ccc(N(c2ccccc2)c2ccc3c(c2)[Si](C)(C)c2cccc4c(N(c5ccccc5)c5ccc6oc7ccccc7c6c5)ccc-3c24)cc1. The number of furan rings is 1. The van der Waals surface area contributed by atoms with Crippen LogP contribution in [0.3, 0.4) is 0 Å². The number of anilines is 6. The molecule has 3 nitrogen and oxygen atoms in total. The molecular weight excluding hydrogens is 713 g/mol. The Bertz CT molecular complexity index is 2930. The van der Waals surface area contributed by atoms with Crippen molar-refractivity contribution >= 4 is 98.5 Å². The second kappa shape index (κ2) is 13.0. The van der Waals surface area contributed by atoms with E-state index in [0.29, 0.717) is 0 Å². The third-order valence-corrected chi connectivity index (χ3v) is 17.4. The molecule has 1 aromatic heterocycles. The van der Waals surface area contributed by atoms with Gasteiger partial charge >= 0.3 is 0 Å². The predicted octanol–water partition coefficient (Wildman–Crippen LogP) is 13.0. The molecule has 0 fully saturated rings. The third-order valence-electron chi connectivity index (χ3n) is 11.8. The Hall–Kier alpha value is -6.15. The molecule has 0 spiro atoms. The van der Waals surface area contributed by atoms with Crippen LogP contribution in [0.2, 0.25) is 32.7 Å². The van der Waals surface area contributed by atoms with Crippen LogP contribution >= 0.6 is 0 Å². The van der Waals surface area contributed by atoms with Crippen LogP contribution in [0.25, 0.3) is 43.8 Å². The molecule has 0 amide bonds. The maximum atomic E-state index is 6.25. The maximum absolute atomic E-state index is 6.25. The highest BCUT2D eigenvalue weighted by Crippen LogP contribution is 2.45. The molecule has 0 saturated carbocycles. The molecule has 8 aromatic carbocycles. The smallest absolute Gasteiger partial charge is 0.135 e. The van der Waals surface area contributed by atoms with Gasteiger partial charge in [0.1, 0.15) is 19.2 Å². The summed E-state index contributed by atoms with van der Waals surface area (Å²) in [6.45, 7) is 12.3. The van der Waals surface area contributed by atoms with Crippen molar-refractivity contribution in [3.8, 4) is 11.1 Å². The first kappa shape index (κ1) is 34.4. The van der Waals surface area contributed by atoms with Gasteiger partial charge in [0.05, 0.1) is 13.8 Å². The first-order valence-electron chi connectivity index (χ1n) is 19.6. The normalized spacial score (nSPS) is 13.2. The van der Waals surface area contributed by atoms with E-state index in [-0.39, 0.29) is 0 Å². The number of benzene rings is 8. The van der Waals surface area contributed by atoms with Crippen molar-refractivity contribution < 1.29 is 4.42 Å². The zero-order chi connectivity index (χ0) is 38.2. The highest BCUT2D eigenvalue weighted by molar-refractivity contribution is 7.03. The molecule has 0 unspecified atom stereocenters. The summed E-state index contributed by atoms with van der Waals surface area (Å²) >= 11 is 0. The van der Waals surface area contributed by atoms with E-state index in [9.17, 15) is 0 Å². The Morgan fingerprint density at radius 2 is 1.00 bits per heavy atom. The van der Waals surface area contributed by atoms with Gasteiger partial charge in [0.2, 0.25) is 0 Å². The van der Waals surface area contributed by atoms with E-state index in [2.05, 4.69) is 206 Å². The number of hydrogen-bond acceptors (Lipinski definition) is 3. The fourth-order valence-corrected chi connectivity index (χ4v) is 13.2. The zero-order valence-electron chi connectivity index (χ0n) is 32.5. The van der Waals surface area contributed by atoms with Crippen molar-refractivity contribution in [2.45, 2.75) is 32.7 Å². The number of nitrogens with zero attached hydrogens (tertiary/aromatic N) is 2. The van der Waals surface area contributed by atoms with Crippen LogP contribution < -0.4 is 25.4 Å². The van der Waals surface area contributed by atoms with Crippen LogP contribution in [0, 0.1) is 0 Å². The molecule has 9 aromatic rings. The van der Waals surface area contributed by atoms with Crippen molar-refractivity contribution in [3.05, 3.63) is 176 Å². The molecule has 0 radical (unpaired) electrons. The Labute approximate surface area is 331 Å². The minimum atomic E-state index is -2.20. The van der Waals surface area contributed by atoms with Crippen molar-refractivity contribution in [1.29, 1.82) is 0 Å². The minimum Gasteiger partial charge on any atom is -0.456 e. The summed E-state index contributed by atoms with van der Waals surface area (Å²) in [5, 5.41) is 9.32. The number of rotatable bonds is 7. The first-order valence-corrected chi connectivity index (χ1v) is 26.1. The molecule has 272 valence electrons. The number of hydrogen-bond donors (Lipinski definition) is 0. The van der Waals surface area contributed by atoms with Crippen LogP contribution in [-0.4, -0.2) is 16.1 Å². The molecule has 1 aliphatic rings. The van der Waals surface area contributed by atoms with Gasteiger partial charge in [-0.25, -0.2) is 0 Å². The lowest BCUT2D eigenvalue weighted by Crippen LogP contribution is -2.56. The van der Waals surface area contributed by atoms with Gasteiger partial charge in [-0.3, -0.25) is 0 Å². The van der Waals surface area contributed by atoms with Crippen molar-refractivity contribution in [2.24, 2.45) is 0 Å². The quantitative estimate of drug-likeness (QED) is 0.151. The molecule has 0 atom stereocenters. The molecule has 5 heteroatoms. The van der Waals surface area contributed by atoms with Gasteiger partial charge in [-0.2, -0.15) is 0 Å². The molecule has 56 heavy (non-hydrogen) atoms. The van der Waals surface area contributed by atoms with Crippen LogP contribution in [-0.2, 0) is 0 Å². The van der Waals surface area contributed by atoms with Crippen molar-refractivity contribution in [2.75, 3.05) is 9.80 Å². The van der Waals surface area contributed by atoms with Gasteiger partial charge in [-0.1, -0.05) is 135 Å². The van der Waals surface area contributed by atoms with E-state index in [1.165, 1.54) is 60.2 Å². The molecular formula is C51H44N2OSi2. The van der Waals surface area contributed by atoms with Gasteiger partial charge in [-0.15, -0.1) is 0 Å². The van der Waals surface area contributed by atoms with Gasteiger partial charge in [0, 0.05) is 44.6 Å². The Morgan fingerprint density at radius 1 is 0.429 bits per heavy atom. The topological polar surface area (TPSA) is 19.6 Å². The molecule has 0 aliphatic carbocycles. The second-order valence-electron chi connectivity index (χ2n) is 16.6. The van der Waals surface area contributed by atoms with Crippen LogP contribution in [0.4, 0.5) is 34.1 Å². The van der Waals surface area contributed by atoms with E-state index in [0.717, 1.165) is 33.3 Å². The number of para-hydroxylation sites is 3. The largest absolute Gasteiger partial charge is 0.456 e. The molecule has 0 saturated heterocycles. The number of fused-ring (bicyclic) bond motifs is 5. The highest BCUT2D eigenvalue weighted by atomic mass is 28.3. The van der Waals surface area contributed by atoms with E-state index in [1.807, 2.05) is 12.1 Å². The summed E-state index contributed by atoms with van der Waals surface area (Å²) in [6, 6.07) is 64.7. The average molecular weight is 757 g/mol. The maximum Gasteiger partial charge on any atom is 0.135 e. The summed E-state index contributed by atoms with van der Waals surface area (Å²) in [7, 11) is -3.63. The molecule has 10 rings (SSSR count). The van der Waals surface area contributed by atoms with Crippen LogP contribution in [0.1, 0.15) is 0 Å². The van der Waals surface area contributed by atoms with Crippen molar-refractivity contribution in [1.82, 2.24) is 0 Å². The molecule has 0 bridgehead atoms. The zero-order valence-corrected chi connectivity index (χ0v) is 34.5. The van der Waals surface area contributed by atoms with Gasteiger partial charge < -0.3 is 14.2 Å². The first-order chi connectivity index (χ1) is 27.2. The monoisotopic (exact) mass is 756 g/mol. The van der Waals surface area contributed by atoms with E-state index < -0.39 is 16.1 Å². The predicted molar refractivity (Wildman–Crippen MR) is 246 cm³/mol. The lowest BCUT2D eigenvalue weighted by molar-refractivity contribution is 0.669. The Kier molecular flexibility index (Phi) is 7.96. The highest BCUT2D eigenvalue weighted by Gasteiger charge is 2.37. The van der Waals surface area contributed by atoms with E-state index >= 15 is 0 Å². The standard InChI is InChI=1S/C51H44N2OSi2/c1-55(2,3)40-27-23-37(24-28-40)52(35-15-8-6-9-16-35)39-25-29-42-43-30-31-46(44-20-14-22-49(51(43)44)56(4,5)50(42)34-39)53(36-17-10-7-11-18-36)38-26-32-48-45(33-38)41-19-12-13-21-47(41)54-48/h6-34H,1-5H3. The van der Waals surface area contributed by atoms with E-state index in [1.54, 1.807) is 0 Å². The molecule has 0 N–H and O–H groups in total. The lowest BCUT2D eigenvalue weighted by atomic mass is 9.95. The minimum absolute atomic E-state index is 0.901. The lowest BCUT2D eigenvalue weighted by Gasteiger charge is -2.36. The van der Waals surface area contributed by atoms with Gasteiger partial charge in [0.25, 0.3) is 0 Å². The van der Waals surface area contributed by atoms with Crippen LogP contribution in [0.5, 0.6) is 0 Å². The fraction of sp³-hybridized carbons (Fsp3) is 0.0980. The average Bonchev–Trinajstić information content (AvgIpc) is 3.59. The van der Waals surface area contributed by atoms with E-state index in [4.69, 9.17) is 4.42 Å². The summed E-state index contributed by atoms with van der Waals surface area (Å²) in [6.07, 6.45) is 0. The fourth-order valence-electron chi connectivity index (χ4n) is 8.89. The summed E-state index contributed by atoms with van der Waals surface area (Å²) in [5.41, 5.74) is 11.4. The molecule has 1 aliphatic heterocycles. The summed E-state index contributed by atoms with van der Waals surface area (Å²) in [5.74, 6) is 0. The Morgan fingerprint density at radius 3 is 1.73 bits per heavy atom. The van der Waals surface area contributed by atoms with Crippen molar-refractivity contribution in [3.63, 3.8) is 0 Å². The Balaban J connectivity index is 1.14. The third kappa shape index (κ3) is 5.53. The summed E-state index contributed by atoms with van der Waals surface area (Å²) < 4.78 is 6.25. The molecule has 2 heterocycles. The van der Waals surface area contributed by atoms with Gasteiger partial charge in [-0.05, 0) is 106 Å².